The van der Waals surface area contributed by atoms with Crippen molar-refractivity contribution >= 4 is 16.1 Å². The van der Waals surface area contributed by atoms with Crippen molar-refractivity contribution in [3.63, 3.8) is 0 Å². The van der Waals surface area contributed by atoms with Crippen LogP contribution in [0, 0.1) is 0 Å². The molecule has 0 bridgehead atoms. The highest BCUT2D eigenvalue weighted by Crippen LogP contribution is 2.23. The Hall–Kier alpha value is -1.16. The quantitative estimate of drug-likeness (QED) is 0.759. The van der Waals surface area contributed by atoms with Crippen LogP contribution in [0.25, 0.3) is 0 Å². The lowest BCUT2D eigenvalue weighted by molar-refractivity contribution is -0.105. The first-order chi connectivity index (χ1) is 7.27. The fourth-order valence-electron chi connectivity index (χ4n) is 1.35. The van der Waals surface area contributed by atoms with Gasteiger partial charge in [-0.3, -0.25) is 0 Å². The van der Waals surface area contributed by atoms with Crippen molar-refractivity contribution < 1.29 is 13.2 Å². The predicted molar refractivity (Wildman–Crippen MR) is 63.3 cm³/mol. The van der Waals surface area contributed by atoms with Crippen LogP contribution in [0.1, 0.15) is 26.3 Å². The molecule has 0 radical (unpaired) electrons. The second-order valence-electron chi connectivity index (χ2n) is 4.72. The third kappa shape index (κ3) is 2.92. The van der Waals surface area contributed by atoms with E-state index < -0.39 is 15.6 Å². The van der Waals surface area contributed by atoms with Crippen molar-refractivity contribution in [3.05, 3.63) is 29.8 Å². The van der Waals surface area contributed by atoms with Crippen molar-refractivity contribution in [2.75, 3.05) is 5.75 Å². The Labute approximate surface area is 96.4 Å². The Morgan fingerprint density at radius 1 is 1.12 bits per heavy atom. The van der Waals surface area contributed by atoms with E-state index in [0.717, 1.165) is 5.56 Å². The first kappa shape index (κ1) is 12.9. The van der Waals surface area contributed by atoms with Gasteiger partial charge in [-0.2, -0.15) is 0 Å². The largest absolute Gasteiger partial charge is 0.302 e. The van der Waals surface area contributed by atoms with Gasteiger partial charge in [-0.05, 0) is 23.1 Å². The van der Waals surface area contributed by atoms with E-state index in [0.29, 0.717) is 6.29 Å². The summed E-state index contributed by atoms with van der Waals surface area (Å²) in [6, 6.07) is 6.69. The van der Waals surface area contributed by atoms with E-state index in [1.54, 1.807) is 24.3 Å². The van der Waals surface area contributed by atoms with Crippen LogP contribution in [0.3, 0.4) is 0 Å². The molecular formula is C12H16O3S. The average Bonchev–Trinajstić information content (AvgIpc) is 2.16. The predicted octanol–water partition coefficient (Wildman–Crippen LogP) is 1.96. The summed E-state index contributed by atoms with van der Waals surface area (Å²) in [4.78, 5) is 10.4. The van der Waals surface area contributed by atoms with E-state index in [1.807, 2.05) is 0 Å². The summed E-state index contributed by atoms with van der Waals surface area (Å²) in [6.07, 6.45) is 0.410. The summed E-state index contributed by atoms with van der Waals surface area (Å²) in [5.41, 5.74) is 1.06. The van der Waals surface area contributed by atoms with Gasteiger partial charge in [-0.1, -0.05) is 32.9 Å². The van der Waals surface area contributed by atoms with E-state index in [2.05, 4.69) is 20.8 Å². The molecule has 0 aliphatic heterocycles. The average molecular weight is 240 g/mol. The number of hydrogen-bond acceptors (Lipinski definition) is 3. The molecule has 0 saturated carbocycles. The molecule has 4 heteroatoms. The minimum absolute atomic E-state index is 0.00699. The Balaban J connectivity index is 3.09. The van der Waals surface area contributed by atoms with E-state index in [1.165, 1.54) is 0 Å². The van der Waals surface area contributed by atoms with Crippen molar-refractivity contribution in [1.29, 1.82) is 0 Å². The second kappa shape index (κ2) is 4.37. The van der Waals surface area contributed by atoms with Crippen molar-refractivity contribution in [2.45, 2.75) is 31.1 Å². The molecule has 1 rings (SSSR count). The monoisotopic (exact) mass is 240 g/mol. The van der Waals surface area contributed by atoms with E-state index in [9.17, 15) is 13.2 Å². The highest BCUT2D eigenvalue weighted by Gasteiger charge is 2.17. The first-order valence-corrected chi connectivity index (χ1v) is 6.69. The van der Waals surface area contributed by atoms with Crippen LogP contribution >= 0.6 is 0 Å². The van der Waals surface area contributed by atoms with Crippen LogP contribution in [0.15, 0.2) is 29.2 Å². The third-order valence-electron chi connectivity index (χ3n) is 2.37. The van der Waals surface area contributed by atoms with Crippen LogP contribution in [0.5, 0.6) is 0 Å². The molecule has 0 N–H and O–H groups in total. The molecule has 0 unspecified atom stereocenters. The lowest BCUT2D eigenvalue weighted by atomic mass is 9.87. The molecule has 0 amide bonds. The Kier molecular flexibility index (Phi) is 3.53. The van der Waals surface area contributed by atoms with Gasteiger partial charge in [0.25, 0.3) is 0 Å². The van der Waals surface area contributed by atoms with Gasteiger partial charge < -0.3 is 4.79 Å². The number of carbonyl (C=O) groups is 1. The minimum Gasteiger partial charge on any atom is -0.302 e. The van der Waals surface area contributed by atoms with Gasteiger partial charge in [-0.15, -0.1) is 0 Å². The maximum absolute atomic E-state index is 11.6. The number of hydrogen-bond donors (Lipinski definition) is 0. The molecule has 88 valence electrons. The first-order valence-electron chi connectivity index (χ1n) is 5.04. The fourth-order valence-corrected chi connectivity index (χ4v) is 2.27. The van der Waals surface area contributed by atoms with Gasteiger partial charge >= 0.3 is 0 Å². The smallest absolute Gasteiger partial charge is 0.185 e. The summed E-state index contributed by atoms with van der Waals surface area (Å²) < 4.78 is 23.1. The molecule has 3 nitrogen and oxygen atoms in total. The molecule has 0 spiro atoms. The molecule has 0 fully saturated rings. The molecule has 0 heterocycles. The number of rotatable bonds is 3. The third-order valence-corrected chi connectivity index (χ3v) is 3.93. The summed E-state index contributed by atoms with van der Waals surface area (Å²) in [7, 11) is -3.44. The van der Waals surface area contributed by atoms with Crippen LogP contribution in [0.4, 0.5) is 0 Å². The number of aldehydes is 1. The van der Waals surface area contributed by atoms with Gasteiger partial charge in [0.2, 0.25) is 0 Å². The topological polar surface area (TPSA) is 51.2 Å². The van der Waals surface area contributed by atoms with Gasteiger partial charge in [0, 0.05) is 0 Å². The molecule has 0 aliphatic rings. The molecule has 0 aromatic heterocycles. The lowest BCUT2D eigenvalue weighted by Crippen LogP contribution is -2.12. The number of carbonyl (C=O) groups excluding carboxylic acids is 1. The van der Waals surface area contributed by atoms with Crippen LogP contribution in [0.2, 0.25) is 0 Å². The molecule has 0 atom stereocenters. The van der Waals surface area contributed by atoms with Crippen molar-refractivity contribution in [3.8, 4) is 0 Å². The Bertz CT molecular complexity index is 464. The zero-order valence-corrected chi connectivity index (χ0v) is 10.5. The van der Waals surface area contributed by atoms with Gasteiger partial charge in [0.15, 0.2) is 9.84 Å². The maximum atomic E-state index is 11.6. The van der Waals surface area contributed by atoms with Crippen molar-refractivity contribution in [2.24, 2.45) is 0 Å². The lowest BCUT2D eigenvalue weighted by Gasteiger charge is -2.18. The highest BCUT2D eigenvalue weighted by atomic mass is 32.2. The molecule has 1 aromatic carbocycles. The van der Waals surface area contributed by atoms with Gasteiger partial charge in [0.1, 0.15) is 12.0 Å². The zero-order chi connectivity index (χ0) is 12.4. The van der Waals surface area contributed by atoms with Crippen LogP contribution in [-0.4, -0.2) is 20.5 Å². The van der Waals surface area contributed by atoms with E-state index >= 15 is 0 Å². The standard InChI is InChI=1S/C12H16O3S/c1-12(2,3)10-4-6-11(7-5-10)16(14,15)9-8-13/h4-8H,9H2,1-3H3. The summed E-state index contributed by atoms with van der Waals surface area (Å²) >= 11 is 0. The van der Waals surface area contributed by atoms with Crippen LogP contribution < -0.4 is 0 Å². The zero-order valence-electron chi connectivity index (χ0n) is 9.73. The molecule has 0 saturated heterocycles. The van der Waals surface area contributed by atoms with Gasteiger partial charge in [-0.25, -0.2) is 8.42 Å². The Morgan fingerprint density at radius 2 is 1.62 bits per heavy atom. The summed E-state index contributed by atoms with van der Waals surface area (Å²) in [5.74, 6) is -0.456. The fraction of sp³-hybridized carbons (Fsp3) is 0.417. The molecular weight excluding hydrogens is 224 g/mol. The second-order valence-corrected chi connectivity index (χ2v) is 6.76. The molecule has 16 heavy (non-hydrogen) atoms. The highest BCUT2D eigenvalue weighted by molar-refractivity contribution is 7.92. The molecule has 1 aromatic rings. The van der Waals surface area contributed by atoms with Crippen molar-refractivity contribution in [1.82, 2.24) is 0 Å². The summed E-state index contributed by atoms with van der Waals surface area (Å²) in [5, 5.41) is 0. The Morgan fingerprint density at radius 3 is 2.00 bits per heavy atom. The van der Waals surface area contributed by atoms with E-state index in [-0.39, 0.29) is 10.3 Å². The van der Waals surface area contributed by atoms with Gasteiger partial charge in [0.05, 0.1) is 4.90 Å². The van der Waals surface area contributed by atoms with E-state index in [4.69, 9.17) is 0 Å². The normalized spacial score (nSPS) is 12.4. The molecule has 0 aliphatic carbocycles. The SMILES string of the molecule is CC(C)(C)c1ccc(S(=O)(=O)CC=O)cc1. The maximum Gasteiger partial charge on any atom is 0.185 e. The number of sulfone groups is 1. The minimum atomic E-state index is -3.44. The summed E-state index contributed by atoms with van der Waals surface area (Å²) in [6.45, 7) is 6.17. The number of benzene rings is 1. The van der Waals surface area contributed by atoms with Crippen LogP contribution in [-0.2, 0) is 20.0 Å².